The monoisotopic (exact) mass is 358 g/mol. The molecule has 0 fully saturated rings. The maximum Gasteiger partial charge on any atom is 0.374 e. The predicted molar refractivity (Wildman–Crippen MR) is 84.3 cm³/mol. The van der Waals surface area contributed by atoms with E-state index in [0.29, 0.717) is 5.56 Å². The van der Waals surface area contributed by atoms with Gasteiger partial charge in [-0.15, -0.1) is 0 Å². The molecule has 1 aromatic heterocycles. The van der Waals surface area contributed by atoms with Gasteiger partial charge < -0.3 is 13.9 Å². The van der Waals surface area contributed by atoms with Gasteiger partial charge in [0.25, 0.3) is 0 Å². The quantitative estimate of drug-likeness (QED) is 0.784. The van der Waals surface area contributed by atoms with Gasteiger partial charge in [-0.25, -0.2) is 4.79 Å². The molecule has 0 amide bonds. The van der Waals surface area contributed by atoms with Gasteiger partial charge in [0.05, 0.1) is 36.6 Å². The second-order valence-corrected chi connectivity index (χ2v) is 5.47. The van der Waals surface area contributed by atoms with Crippen molar-refractivity contribution in [3.05, 3.63) is 43.2 Å². The number of methoxy groups -OCH3 is 2. The van der Waals surface area contributed by atoms with Crippen LogP contribution in [0.4, 0.5) is 0 Å². The summed E-state index contributed by atoms with van der Waals surface area (Å²) in [6, 6.07) is 1.41. The van der Waals surface area contributed by atoms with Crippen LogP contribution in [0.15, 0.2) is 15.3 Å². The van der Waals surface area contributed by atoms with Crippen molar-refractivity contribution in [2.24, 2.45) is 0 Å². The molecule has 1 aromatic carbocycles. The molecular formula is C15H12Cl2O6. The Morgan fingerprint density at radius 2 is 1.83 bits per heavy atom. The molecule has 0 bridgehead atoms. The topological polar surface area (TPSA) is 82.8 Å². The summed E-state index contributed by atoms with van der Waals surface area (Å²) in [7, 11) is 2.30. The maximum absolute atomic E-state index is 12.8. The van der Waals surface area contributed by atoms with E-state index in [9.17, 15) is 14.4 Å². The number of aryl methyl sites for hydroxylation is 1. The summed E-state index contributed by atoms with van der Waals surface area (Å²) >= 11 is 12.1. The molecule has 0 saturated carbocycles. The second kappa shape index (κ2) is 6.60. The third kappa shape index (κ3) is 3.04. The summed E-state index contributed by atoms with van der Waals surface area (Å²) in [5, 5.41) is 0.446. The van der Waals surface area contributed by atoms with Gasteiger partial charge in [0.1, 0.15) is 0 Å². The lowest BCUT2D eigenvalue weighted by atomic mass is 10.0. The molecule has 0 unspecified atom stereocenters. The molecule has 2 rings (SSSR count). The molecule has 2 aromatic rings. The van der Waals surface area contributed by atoms with Crippen molar-refractivity contribution in [1.82, 2.24) is 0 Å². The van der Waals surface area contributed by atoms with Crippen molar-refractivity contribution in [2.45, 2.75) is 13.3 Å². The summed E-state index contributed by atoms with van der Waals surface area (Å²) in [6.45, 7) is 1.61. The molecule has 0 spiro atoms. The van der Waals surface area contributed by atoms with Crippen molar-refractivity contribution in [1.29, 1.82) is 0 Å². The number of halogens is 2. The van der Waals surface area contributed by atoms with Crippen LogP contribution in [0.1, 0.15) is 21.7 Å². The molecule has 0 aliphatic carbocycles. The van der Waals surface area contributed by atoms with Gasteiger partial charge in [-0.1, -0.05) is 23.2 Å². The van der Waals surface area contributed by atoms with E-state index >= 15 is 0 Å². The average Bonchev–Trinajstić information content (AvgIpc) is 2.53. The molecule has 8 heteroatoms. The highest BCUT2D eigenvalue weighted by atomic mass is 35.5. The van der Waals surface area contributed by atoms with E-state index in [-0.39, 0.29) is 32.3 Å². The number of carbonyl (C=O) groups is 2. The van der Waals surface area contributed by atoms with E-state index in [4.69, 9.17) is 27.6 Å². The van der Waals surface area contributed by atoms with Gasteiger partial charge in [0.15, 0.2) is 11.0 Å². The SMILES string of the molecule is COC(=O)Cc1c(C(=O)OC)oc2c(Cl)cc(Cl)c(C)c2c1=O. The van der Waals surface area contributed by atoms with Gasteiger partial charge in [-0.2, -0.15) is 0 Å². The maximum atomic E-state index is 12.8. The summed E-state index contributed by atoms with van der Waals surface area (Å²) < 4.78 is 14.6. The first-order valence-corrected chi connectivity index (χ1v) is 7.16. The zero-order valence-electron chi connectivity index (χ0n) is 12.5. The standard InChI is InChI=1S/C15H12Cl2O6/c1-6-8(16)5-9(17)14-11(6)12(19)7(4-10(18)21-2)13(23-14)15(20)22-3/h5H,4H2,1-3H3. The Labute approximate surface area is 140 Å². The minimum atomic E-state index is -0.897. The Morgan fingerprint density at radius 3 is 2.39 bits per heavy atom. The molecule has 23 heavy (non-hydrogen) atoms. The number of esters is 2. The number of hydrogen-bond acceptors (Lipinski definition) is 6. The third-order valence-electron chi connectivity index (χ3n) is 3.33. The predicted octanol–water partition coefficient (Wildman–Crippen LogP) is 2.91. The van der Waals surface area contributed by atoms with Crippen molar-refractivity contribution >= 4 is 46.1 Å². The van der Waals surface area contributed by atoms with Crippen molar-refractivity contribution in [2.75, 3.05) is 14.2 Å². The van der Waals surface area contributed by atoms with Crippen LogP contribution in [-0.2, 0) is 20.7 Å². The molecule has 0 aliphatic rings. The third-order valence-corrected chi connectivity index (χ3v) is 4.00. The number of hydrogen-bond donors (Lipinski definition) is 0. The summed E-state index contributed by atoms with van der Waals surface area (Å²) in [4.78, 5) is 36.2. The van der Waals surface area contributed by atoms with E-state index in [1.807, 2.05) is 0 Å². The zero-order valence-corrected chi connectivity index (χ0v) is 14.0. The van der Waals surface area contributed by atoms with Crippen LogP contribution in [-0.4, -0.2) is 26.2 Å². The lowest BCUT2D eigenvalue weighted by molar-refractivity contribution is -0.139. The van der Waals surface area contributed by atoms with Crippen molar-refractivity contribution < 1.29 is 23.5 Å². The molecule has 0 N–H and O–H groups in total. The smallest absolute Gasteiger partial charge is 0.374 e. The number of benzene rings is 1. The average molecular weight is 359 g/mol. The summed E-state index contributed by atoms with van der Waals surface area (Å²) in [5.41, 5.74) is -0.313. The highest BCUT2D eigenvalue weighted by Gasteiger charge is 2.25. The van der Waals surface area contributed by atoms with Gasteiger partial charge in [-0.3, -0.25) is 9.59 Å². The summed E-state index contributed by atoms with van der Waals surface area (Å²) in [5.74, 6) is -1.99. The van der Waals surface area contributed by atoms with E-state index in [1.54, 1.807) is 6.92 Å². The van der Waals surface area contributed by atoms with Gasteiger partial charge in [0, 0.05) is 5.02 Å². The van der Waals surface area contributed by atoms with E-state index in [2.05, 4.69) is 9.47 Å². The Hall–Kier alpha value is -2.05. The van der Waals surface area contributed by atoms with Crippen molar-refractivity contribution in [3.8, 4) is 0 Å². The number of ether oxygens (including phenoxy) is 2. The molecular weight excluding hydrogens is 347 g/mol. The first-order chi connectivity index (χ1) is 10.8. The highest BCUT2D eigenvalue weighted by Crippen LogP contribution is 2.31. The van der Waals surface area contributed by atoms with E-state index in [1.165, 1.54) is 13.2 Å². The molecule has 122 valence electrons. The van der Waals surface area contributed by atoms with Crippen LogP contribution in [0.2, 0.25) is 10.0 Å². The largest absolute Gasteiger partial charge is 0.469 e. The van der Waals surface area contributed by atoms with Crippen LogP contribution >= 0.6 is 23.2 Å². The Bertz CT molecular complexity index is 869. The normalized spacial score (nSPS) is 10.7. The minimum Gasteiger partial charge on any atom is -0.469 e. The second-order valence-electron chi connectivity index (χ2n) is 4.65. The molecule has 1 heterocycles. The zero-order chi connectivity index (χ0) is 17.3. The molecule has 0 atom stereocenters. The first kappa shape index (κ1) is 17.3. The van der Waals surface area contributed by atoms with Gasteiger partial charge in [-0.05, 0) is 18.6 Å². The van der Waals surface area contributed by atoms with Crippen LogP contribution < -0.4 is 5.43 Å². The van der Waals surface area contributed by atoms with Crippen LogP contribution in [0.3, 0.4) is 0 Å². The van der Waals surface area contributed by atoms with Crippen LogP contribution in [0.5, 0.6) is 0 Å². The number of carbonyl (C=O) groups excluding carboxylic acids is 2. The number of fused-ring (bicyclic) bond motifs is 1. The van der Waals surface area contributed by atoms with Gasteiger partial charge >= 0.3 is 11.9 Å². The van der Waals surface area contributed by atoms with Gasteiger partial charge in [0.2, 0.25) is 5.76 Å². The fourth-order valence-electron chi connectivity index (χ4n) is 2.12. The Balaban J connectivity index is 2.93. The Kier molecular flexibility index (Phi) is 4.97. The van der Waals surface area contributed by atoms with Crippen molar-refractivity contribution in [3.63, 3.8) is 0 Å². The molecule has 6 nitrogen and oxygen atoms in total. The lowest BCUT2D eigenvalue weighted by Crippen LogP contribution is -2.21. The van der Waals surface area contributed by atoms with E-state index in [0.717, 1.165) is 7.11 Å². The van der Waals surface area contributed by atoms with Crippen LogP contribution in [0.25, 0.3) is 11.0 Å². The fraction of sp³-hybridized carbons (Fsp3) is 0.267. The highest BCUT2D eigenvalue weighted by molar-refractivity contribution is 6.38. The molecule has 0 saturated heterocycles. The first-order valence-electron chi connectivity index (χ1n) is 6.41. The molecule has 0 radical (unpaired) electrons. The number of rotatable bonds is 3. The lowest BCUT2D eigenvalue weighted by Gasteiger charge is -2.11. The van der Waals surface area contributed by atoms with Crippen LogP contribution in [0, 0.1) is 6.92 Å². The summed E-state index contributed by atoms with van der Waals surface area (Å²) in [6.07, 6.45) is -0.442. The van der Waals surface area contributed by atoms with E-state index < -0.39 is 23.8 Å². The Morgan fingerprint density at radius 1 is 1.17 bits per heavy atom. The fourth-order valence-corrected chi connectivity index (χ4v) is 2.62. The minimum absolute atomic E-state index is 0.00702. The molecule has 0 aliphatic heterocycles.